The van der Waals surface area contributed by atoms with E-state index in [0.29, 0.717) is 16.8 Å². The highest BCUT2D eigenvalue weighted by Gasteiger charge is 2.40. The smallest absolute Gasteiger partial charge is 0.129 e. The highest BCUT2D eigenvalue weighted by molar-refractivity contribution is 8.00. The molecule has 0 aromatic carbocycles. The highest BCUT2D eigenvalue weighted by Crippen LogP contribution is 2.43. The first-order chi connectivity index (χ1) is 7.03. The van der Waals surface area contributed by atoms with E-state index in [4.69, 9.17) is 5.73 Å². The van der Waals surface area contributed by atoms with Gasteiger partial charge in [-0.3, -0.25) is 0 Å². The summed E-state index contributed by atoms with van der Waals surface area (Å²) in [6, 6.07) is 1.90. The zero-order valence-corrected chi connectivity index (χ0v) is 9.84. The fourth-order valence-corrected chi connectivity index (χ4v) is 3.45. The molecule has 2 atom stereocenters. The van der Waals surface area contributed by atoms with Crippen LogP contribution in [0.1, 0.15) is 24.5 Å². The first-order valence-corrected chi connectivity index (χ1v) is 6.13. The third kappa shape index (κ3) is 1.84. The second kappa shape index (κ2) is 3.68. The van der Waals surface area contributed by atoms with Gasteiger partial charge in [-0.25, -0.2) is 4.98 Å². The third-order valence-electron chi connectivity index (χ3n) is 2.89. The molecule has 2 rings (SSSR count). The molecule has 0 radical (unpaired) electrons. The molecule has 0 aliphatic carbocycles. The van der Waals surface area contributed by atoms with Crippen molar-refractivity contribution in [3.63, 3.8) is 0 Å². The van der Waals surface area contributed by atoms with Crippen LogP contribution in [0.3, 0.4) is 0 Å². The van der Waals surface area contributed by atoms with Gasteiger partial charge >= 0.3 is 0 Å². The van der Waals surface area contributed by atoms with Gasteiger partial charge in [-0.05, 0) is 25.0 Å². The molecule has 0 spiro atoms. The van der Waals surface area contributed by atoms with Gasteiger partial charge in [-0.15, -0.1) is 0 Å². The van der Waals surface area contributed by atoms with E-state index in [2.05, 4.69) is 11.9 Å². The second-order valence-corrected chi connectivity index (χ2v) is 5.67. The summed E-state index contributed by atoms with van der Waals surface area (Å²) < 4.78 is 0. The van der Waals surface area contributed by atoms with Crippen LogP contribution in [-0.2, 0) is 5.60 Å². The number of pyridine rings is 1. The van der Waals surface area contributed by atoms with Crippen LogP contribution in [0.2, 0.25) is 0 Å². The average Bonchev–Trinajstić information content (AvgIpc) is 2.46. The minimum absolute atomic E-state index is 0.465. The number of aryl methyl sites for hydroxylation is 1. The van der Waals surface area contributed by atoms with Crippen molar-refractivity contribution in [2.75, 3.05) is 11.5 Å². The summed E-state index contributed by atoms with van der Waals surface area (Å²) in [6.07, 6.45) is 2.44. The summed E-state index contributed by atoms with van der Waals surface area (Å²) in [5.41, 5.74) is 6.91. The standard InChI is InChI=1S/C11H16N2OS/c1-7-3-4-13-10(12)9(7)11(14)5-8(2)15-6-11/h3-4,8,14H,5-6H2,1-2H3,(H2,12,13). The quantitative estimate of drug-likeness (QED) is 0.762. The first kappa shape index (κ1) is 10.8. The van der Waals surface area contributed by atoms with Gasteiger partial charge in [0.05, 0.1) is 0 Å². The van der Waals surface area contributed by atoms with Crippen molar-refractivity contribution in [2.24, 2.45) is 0 Å². The number of hydrogen-bond donors (Lipinski definition) is 2. The van der Waals surface area contributed by atoms with Gasteiger partial charge in [0.25, 0.3) is 0 Å². The number of hydrogen-bond acceptors (Lipinski definition) is 4. The number of aliphatic hydroxyl groups is 1. The number of aromatic nitrogens is 1. The van der Waals surface area contributed by atoms with Crippen LogP contribution in [0.25, 0.3) is 0 Å². The van der Waals surface area contributed by atoms with Crippen molar-refractivity contribution in [3.05, 3.63) is 23.4 Å². The van der Waals surface area contributed by atoms with E-state index in [1.54, 1.807) is 18.0 Å². The van der Waals surface area contributed by atoms with Crippen molar-refractivity contribution in [3.8, 4) is 0 Å². The Morgan fingerprint density at radius 3 is 2.93 bits per heavy atom. The summed E-state index contributed by atoms with van der Waals surface area (Å²) >= 11 is 1.78. The molecule has 2 heterocycles. The first-order valence-electron chi connectivity index (χ1n) is 5.08. The Balaban J connectivity index is 2.45. The highest BCUT2D eigenvalue weighted by atomic mass is 32.2. The van der Waals surface area contributed by atoms with Gasteiger partial charge in [-0.2, -0.15) is 11.8 Å². The van der Waals surface area contributed by atoms with Gasteiger partial charge in [-0.1, -0.05) is 6.92 Å². The molecule has 1 aliphatic rings. The Kier molecular flexibility index (Phi) is 2.64. The maximum atomic E-state index is 10.6. The number of rotatable bonds is 1. The van der Waals surface area contributed by atoms with Crippen molar-refractivity contribution >= 4 is 17.6 Å². The van der Waals surface area contributed by atoms with E-state index < -0.39 is 5.60 Å². The lowest BCUT2D eigenvalue weighted by Gasteiger charge is -2.25. The molecule has 1 aliphatic heterocycles. The Morgan fingerprint density at radius 1 is 1.67 bits per heavy atom. The van der Waals surface area contributed by atoms with E-state index >= 15 is 0 Å². The minimum atomic E-state index is -0.785. The third-order valence-corrected chi connectivity index (χ3v) is 4.27. The van der Waals surface area contributed by atoms with E-state index in [0.717, 1.165) is 17.5 Å². The second-order valence-electron chi connectivity index (χ2n) is 4.25. The molecular formula is C11H16N2OS. The van der Waals surface area contributed by atoms with Crippen LogP contribution in [-0.4, -0.2) is 21.1 Å². The molecular weight excluding hydrogens is 208 g/mol. The van der Waals surface area contributed by atoms with E-state index in [9.17, 15) is 5.11 Å². The number of anilines is 1. The van der Waals surface area contributed by atoms with Crippen LogP contribution >= 0.6 is 11.8 Å². The maximum Gasteiger partial charge on any atom is 0.129 e. The van der Waals surface area contributed by atoms with Gasteiger partial charge in [0.15, 0.2) is 0 Å². The molecule has 1 saturated heterocycles. The molecule has 3 nitrogen and oxygen atoms in total. The van der Waals surface area contributed by atoms with Crippen LogP contribution in [0.5, 0.6) is 0 Å². The molecule has 4 heteroatoms. The normalized spacial score (nSPS) is 30.7. The minimum Gasteiger partial charge on any atom is -0.384 e. The molecule has 0 amide bonds. The van der Waals surface area contributed by atoms with Crippen molar-refractivity contribution in [1.82, 2.24) is 4.98 Å². The Labute approximate surface area is 94.1 Å². The fraction of sp³-hybridized carbons (Fsp3) is 0.545. The molecule has 82 valence electrons. The predicted molar refractivity (Wildman–Crippen MR) is 63.8 cm³/mol. The fourth-order valence-electron chi connectivity index (χ4n) is 2.23. The lowest BCUT2D eigenvalue weighted by Crippen LogP contribution is -2.28. The van der Waals surface area contributed by atoms with Gasteiger partial charge < -0.3 is 10.8 Å². The maximum absolute atomic E-state index is 10.6. The molecule has 1 fully saturated rings. The Hall–Kier alpha value is -0.740. The number of nitrogens with two attached hydrogens (primary N) is 1. The lowest BCUT2D eigenvalue weighted by atomic mass is 9.89. The van der Waals surface area contributed by atoms with Crippen molar-refractivity contribution in [1.29, 1.82) is 0 Å². The van der Waals surface area contributed by atoms with Gasteiger partial charge in [0.2, 0.25) is 0 Å². The van der Waals surface area contributed by atoms with Crippen LogP contribution in [0.15, 0.2) is 12.3 Å². The van der Waals surface area contributed by atoms with E-state index in [1.165, 1.54) is 0 Å². The van der Waals surface area contributed by atoms with E-state index in [-0.39, 0.29) is 0 Å². The molecule has 15 heavy (non-hydrogen) atoms. The molecule has 0 bridgehead atoms. The predicted octanol–water partition coefficient (Wildman–Crippen LogP) is 1.69. The monoisotopic (exact) mass is 224 g/mol. The van der Waals surface area contributed by atoms with Gasteiger partial charge in [0, 0.05) is 22.8 Å². The lowest BCUT2D eigenvalue weighted by molar-refractivity contribution is 0.0611. The molecule has 1 aromatic rings. The number of thioether (sulfide) groups is 1. The average molecular weight is 224 g/mol. The Bertz CT molecular complexity index is 363. The van der Waals surface area contributed by atoms with Crippen LogP contribution < -0.4 is 5.73 Å². The molecule has 0 saturated carbocycles. The van der Waals surface area contributed by atoms with Crippen molar-refractivity contribution in [2.45, 2.75) is 31.1 Å². The molecule has 3 N–H and O–H groups in total. The molecule has 2 unspecified atom stereocenters. The van der Waals surface area contributed by atoms with E-state index in [1.807, 2.05) is 13.0 Å². The van der Waals surface area contributed by atoms with Gasteiger partial charge in [0.1, 0.15) is 11.4 Å². The van der Waals surface area contributed by atoms with Crippen LogP contribution in [0.4, 0.5) is 5.82 Å². The number of nitrogen functional groups attached to an aromatic ring is 1. The SMILES string of the molecule is Cc1ccnc(N)c1C1(O)CSC(C)C1. The Morgan fingerprint density at radius 2 is 2.40 bits per heavy atom. The summed E-state index contributed by atoms with van der Waals surface area (Å²) in [4.78, 5) is 4.06. The summed E-state index contributed by atoms with van der Waals surface area (Å²) in [5, 5.41) is 11.0. The summed E-state index contributed by atoms with van der Waals surface area (Å²) in [5.74, 6) is 1.18. The summed E-state index contributed by atoms with van der Waals surface area (Å²) in [6.45, 7) is 4.10. The van der Waals surface area contributed by atoms with Crippen molar-refractivity contribution < 1.29 is 5.11 Å². The zero-order chi connectivity index (χ0) is 11.1. The summed E-state index contributed by atoms with van der Waals surface area (Å²) in [7, 11) is 0. The van der Waals surface area contributed by atoms with Crippen LogP contribution in [0, 0.1) is 6.92 Å². The largest absolute Gasteiger partial charge is 0.384 e. The number of nitrogens with zero attached hydrogens (tertiary/aromatic N) is 1. The molecule has 1 aromatic heterocycles. The topological polar surface area (TPSA) is 59.1 Å². The zero-order valence-electron chi connectivity index (χ0n) is 9.03.